The predicted octanol–water partition coefficient (Wildman–Crippen LogP) is 6.24. The first-order chi connectivity index (χ1) is 14.8. The monoisotopic (exact) mass is 417 g/mol. The number of ketones is 1. The van der Waals surface area contributed by atoms with E-state index in [1.54, 1.807) is 0 Å². The summed E-state index contributed by atoms with van der Waals surface area (Å²) in [5, 5.41) is 1.22. The van der Waals surface area contributed by atoms with Crippen LogP contribution in [0.25, 0.3) is 22.2 Å². The summed E-state index contributed by atoms with van der Waals surface area (Å²) in [7, 11) is 0. The SMILES string of the molecule is Cc1cc(-c2[nH]c3ccc(C(C)C(=O)CC4CCCC(N)C4)cc3c2C(C)C)ccn1. The second kappa shape index (κ2) is 8.96. The topological polar surface area (TPSA) is 71.8 Å². The minimum atomic E-state index is -0.0934. The molecule has 1 aliphatic carbocycles. The van der Waals surface area contributed by atoms with E-state index in [4.69, 9.17) is 5.73 Å². The van der Waals surface area contributed by atoms with Gasteiger partial charge in [0.05, 0.1) is 5.69 Å². The molecule has 1 saturated carbocycles. The van der Waals surface area contributed by atoms with Gasteiger partial charge in [-0.15, -0.1) is 0 Å². The highest BCUT2D eigenvalue weighted by Crippen LogP contribution is 2.37. The molecule has 164 valence electrons. The van der Waals surface area contributed by atoms with Crippen LogP contribution in [0.3, 0.4) is 0 Å². The number of rotatable bonds is 6. The Balaban J connectivity index is 1.65. The fourth-order valence-electron chi connectivity index (χ4n) is 5.19. The minimum absolute atomic E-state index is 0.0934. The molecule has 3 N–H and O–H groups in total. The van der Waals surface area contributed by atoms with Gasteiger partial charge in [0.25, 0.3) is 0 Å². The number of hydrogen-bond acceptors (Lipinski definition) is 3. The molecule has 0 radical (unpaired) electrons. The number of Topliss-reactive ketones (excluding diaryl/α,β-unsaturated/α-hetero) is 1. The summed E-state index contributed by atoms with van der Waals surface area (Å²) in [6, 6.07) is 10.9. The quantitative estimate of drug-likeness (QED) is 0.498. The molecule has 3 atom stereocenters. The summed E-state index contributed by atoms with van der Waals surface area (Å²) >= 11 is 0. The molecule has 0 spiro atoms. The summed E-state index contributed by atoms with van der Waals surface area (Å²) in [6.07, 6.45) is 6.89. The molecule has 1 aromatic carbocycles. The highest BCUT2D eigenvalue weighted by atomic mass is 16.1. The molecular weight excluding hydrogens is 382 g/mol. The molecule has 1 aliphatic rings. The average molecular weight is 418 g/mol. The van der Waals surface area contributed by atoms with E-state index in [1.165, 1.54) is 10.9 Å². The Hall–Kier alpha value is -2.46. The Morgan fingerprint density at radius 1 is 1.19 bits per heavy atom. The van der Waals surface area contributed by atoms with Crippen LogP contribution in [0.2, 0.25) is 0 Å². The van der Waals surface area contributed by atoms with Crippen molar-refractivity contribution in [1.29, 1.82) is 0 Å². The van der Waals surface area contributed by atoms with Crippen molar-refractivity contribution < 1.29 is 4.79 Å². The van der Waals surface area contributed by atoms with E-state index >= 15 is 0 Å². The van der Waals surface area contributed by atoms with Crippen LogP contribution in [-0.2, 0) is 4.79 Å². The third-order valence-electron chi connectivity index (χ3n) is 6.92. The van der Waals surface area contributed by atoms with Gasteiger partial charge in [-0.2, -0.15) is 0 Å². The number of nitrogens with one attached hydrogen (secondary N) is 1. The number of carbonyl (C=O) groups is 1. The first kappa shape index (κ1) is 21.8. The maximum absolute atomic E-state index is 13.1. The number of aryl methyl sites for hydroxylation is 1. The zero-order valence-corrected chi connectivity index (χ0v) is 19.2. The molecule has 0 aliphatic heterocycles. The molecule has 3 aromatic rings. The van der Waals surface area contributed by atoms with Gasteiger partial charge in [0.15, 0.2) is 0 Å². The van der Waals surface area contributed by atoms with E-state index in [-0.39, 0.29) is 12.0 Å². The number of carbonyl (C=O) groups excluding carboxylic acids is 1. The first-order valence-corrected chi connectivity index (χ1v) is 11.7. The molecule has 0 amide bonds. The van der Waals surface area contributed by atoms with Crippen LogP contribution in [0.5, 0.6) is 0 Å². The van der Waals surface area contributed by atoms with Crippen LogP contribution >= 0.6 is 0 Å². The van der Waals surface area contributed by atoms with E-state index in [1.807, 2.05) is 13.1 Å². The highest BCUT2D eigenvalue weighted by Gasteiger charge is 2.25. The standard InChI is InChI=1S/C27H35N3O/c1-16(2)26-23-15-20(18(4)25(31)14-19-6-5-7-22(28)13-19)8-9-24(23)30-27(26)21-10-11-29-17(3)12-21/h8-12,15-16,18-19,22,30H,5-7,13-14,28H2,1-4H3. The Kier molecular flexibility index (Phi) is 6.29. The van der Waals surface area contributed by atoms with E-state index < -0.39 is 0 Å². The molecule has 4 heteroatoms. The van der Waals surface area contributed by atoms with Gasteiger partial charge in [0.1, 0.15) is 5.78 Å². The predicted molar refractivity (Wildman–Crippen MR) is 128 cm³/mol. The summed E-state index contributed by atoms with van der Waals surface area (Å²) in [5.74, 6) is 1.05. The van der Waals surface area contributed by atoms with Crippen molar-refractivity contribution in [3.63, 3.8) is 0 Å². The van der Waals surface area contributed by atoms with Crippen molar-refractivity contribution >= 4 is 16.7 Å². The third-order valence-corrected chi connectivity index (χ3v) is 6.92. The van der Waals surface area contributed by atoms with Crippen molar-refractivity contribution in [3.8, 4) is 11.3 Å². The molecule has 2 heterocycles. The molecule has 3 unspecified atom stereocenters. The molecular formula is C27H35N3O. The number of nitrogens with two attached hydrogens (primary N) is 1. The normalized spacial score (nSPS) is 20.3. The first-order valence-electron chi connectivity index (χ1n) is 11.7. The third kappa shape index (κ3) is 4.59. The van der Waals surface area contributed by atoms with Crippen LogP contribution in [0.15, 0.2) is 36.5 Å². The molecule has 2 aromatic heterocycles. The van der Waals surface area contributed by atoms with Gasteiger partial charge in [0, 0.05) is 46.7 Å². The number of hydrogen-bond donors (Lipinski definition) is 2. The number of pyridine rings is 1. The van der Waals surface area contributed by atoms with Crippen LogP contribution in [0.1, 0.15) is 81.5 Å². The number of benzene rings is 1. The van der Waals surface area contributed by atoms with E-state index in [9.17, 15) is 4.79 Å². The van der Waals surface area contributed by atoms with Crippen LogP contribution < -0.4 is 5.73 Å². The number of fused-ring (bicyclic) bond motifs is 1. The lowest BCUT2D eigenvalue weighted by Crippen LogP contribution is -2.29. The zero-order valence-electron chi connectivity index (χ0n) is 19.2. The van der Waals surface area contributed by atoms with Crippen LogP contribution in [-0.4, -0.2) is 21.8 Å². The molecule has 0 bridgehead atoms. The Bertz CT molecular complexity index is 1080. The minimum Gasteiger partial charge on any atom is -0.354 e. The smallest absolute Gasteiger partial charge is 0.140 e. The fraction of sp³-hybridized carbons (Fsp3) is 0.481. The molecule has 4 rings (SSSR count). The zero-order chi connectivity index (χ0) is 22.1. The van der Waals surface area contributed by atoms with Crippen molar-refractivity contribution in [1.82, 2.24) is 9.97 Å². The molecule has 4 nitrogen and oxygen atoms in total. The van der Waals surface area contributed by atoms with Crippen LogP contribution in [0.4, 0.5) is 0 Å². The van der Waals surface area contributed by atoms with Gasteiger partial charge < -0.3 is 10.7 Å². The second-order valence-electron chi connectivity index (χ2n) is 9.74. The number of aromatic nitrogens is 2. The lowest BCUT2D eigenvalue weighted by Gasteiger charge is -2.27. The van der Waals surface area contributed by atoms with E-state index in [2.05, 4.69) is 61.1 Å². The maximum Gasteiger partial charge on any atom is 0.140 e. The van der Waals surface area contributed by atoms with Crippen LogP contribution in [0, 0.1) is 12.8 Å². The summed E-state index contributed by atoms with van der Waals surface area (Å²) in [5.41, 5.74) is 13.0. The fourth-order valence-corrected chi connectivity index (χ4v) is 5.19. The lowest BCUT2D eigenvalue weighted by molar-refractivity contribution is -0.121. The number of aromatic amines is 1. The van der Waals surface area contributed by atoms with Gasteiger partial charge in [-0.25, -0.2) is 0 Å². The van der Waals surface area contributed by atoms with Crippen molar-refractivity contribution in [2.75, 3.05) is 0 Å². The Morgan fingerprint density at radius 2 is 2.00 bits per heavy atom. The largest absolute Gasteiger partial charge is 0.354 e. The molecule has 31 heavy (non-hydrogen) atoms. The van der Waals surface area contributed by atoms with Gasteiger partial charge in [0.2, 0.25) is 0 Å². The Morgan fingerprint density at radius 3 is 2.71 bits per heavy atom. The summed E-state index contributed by atoms with van der Waals surface area (Å²) in [4.78, 5) is 21.1. The second-order valence-corrected chi connectivity index (χ2v) is 9.74. The number of H-pyrrole nitrogens is 1. The van der Waals surface area contributed by atoms with Crippen molar-refractivity contribution in [3.05, 3.63) is 53.3 Å². The van der Waals surface area contributed by atoms with Gasteiger partial charge in [-0.1, -0.05) is 33.3 Å². The molecule has 0 saturated heterocycles. The van der Waals surface area contributed by atoms with E-state index in [0.29, 0.717) is 24.0 Å². The highest BCUT2D eigenvalue weighted by molar-refractivity contribution is 5.93. The maximum atomic E-state index is 13.1. The van der Waals surface area contributed by atoms with E-state index in [0.717, 1.165) is 53.7 Å². The van der Waals surface area contributed by atoms with Gasteiger partial charge in [-0.3, -0.25) is 9.78 Å². The van der Waals surface area contributed by atoms with Gasteiger partial charge in [-0.05, 0) is 73.4 Å². The van der Waals surface area contributed by atoms with Gasteiger partial charge >= 0.3 is 0 Å². The van der Waals surface area contributed by atoms with Crippen molar-refractivity contribution in [2.24, 2.45) is 11.7 Å². The van der Waals surface area contributed by atoms with Crippen molar-refractivity contribution in [2.45, 2.75) is 77.7 Å². The molecule has 1 fully saturated rings. The summed E-state index contributed by atoms with van der Waals surface area (Å²) in [6.45, 7) is 8.54. The lowest BCUT2D eigenvalue weighted by atomic mass is 9.80. The summed E-state index contributed by atoms with van der Waals surface area (Å²) < 4.78 is 0. The Labute approximate surface area is 185 Å². The number of nitrogens with zero attached hydrogens (tertiary/aromatic N) is 1. The average Bonchev–Trinajstić information content (AvgIpc) is 3.12.